The smallest absolute Gasteiger partial charge is 0.165 e. The zero-order chi connectivity index (χ0) is 28.2. The fraction of sp³-hybridized carbons (Fsp3) is 0.821. The van der Waals surface area contributed by atoms with Crippen LogP contribution in [0.5, 0.6) is 0 Å². The van der Waals surface area contributed by atoms with E-state index < -0.39 is 13.9 Å². The number of fused-ring (bicyclic) bond motifs is 1. The van der Waals surface area contributed by atoms with E-state index in [4.69, 9.17) is 15.0 Å². The van der Waals surface area contributed by atoms with Crippen LogP contribution in [0, 0.1) is 0 Å². The number of nitrogens with zero attached hydrogens (tertiary/aromatic N) is 4. The number of hydrogen-bond acceptors (Lipinski definition) is 9. The normalized spacial score (nSPS) is 13.8. The summed E-state index contributed by atoms with van der Waals surface area (Å²) in [6, 6.07) is 0. The summed E-state index contributed by atoms with van der Waals surface area (Å²) in [5.74, 6) is 2.35. The number of nitrogen functional groups attached to an aromatic ring is 1. The van der Waals surface area contributed by atoms with Gasteiger partial charge in [0.15, 0.2) is 19.1 Å². The molecular weight excluding hydrogens is 547 g/mol. The molecule has 232 valence electrons. The number of aromatic nitrogens is 4. The van der Waals surface area contributed by atoms with E-state index in [9.17, 15) is 9.46 Å². The molecule has 0 bridgehead atoms. The van der Waals surface area contributed by atoms with Crippen molar-refractivity contribution in [1.82, 2.24) is 25.7 Å². The molecule has 2 aromatic rings. The van der Waals surface area contributed by atoms with E-state index in [1.807, 2.05) is 11.8 Å². The monoisotopic (exact) mass is 602 g/mol. The SMILES string of the molecule is CCCCCCCCCCCCCCCCSCCCOP(=O)([O-])CO[C@H](C)Cn1cnc2c(N)ncnc21.[NH4+]. The number of quaternary nitrogens is 1. The first kappa shape index (κ1) is 36.8. The number of imidazole rings is 1. The van der Waals surface area contributed by atoms with Crippen molar-refractivity contribution in [3.8, 4) is 0 Å². The van der Waals surface area contributed by atoms with Gasteiger partial charge in [-0.25, -0.2) is 15.0 Å². The molecule has 0 spiro atoms. The number of thioether (sulfide) groups is 1. The van der Waals surface area contributed by atoms with Crippen molar-refractivity contribution in [1.29, 1.82) is 0 Å². The highest BCUT2D eigenvalue weighted by molar-refractivity contribution is 7.99. The molecule has 40 heavy (non-hydrogen) atoms. The minimum absolute atomic E-state index is 0. The van der Waals surface area contributed by atoms with Gasteiger partial charge < -0.3 is 35.2 Å². The lowest BCUT2D eigenvalue weighted by molar-refractivity contribution is -0.205. The van der Waals surface area contributed by atoms with Crippen LogP contribution in [0.2, 0.25) is 0 Å². The van der Waals surface area contributed by atoms with Gasteiger partial charge in [0.05, 0.1) is 25.6 Å². The van der Waals surface area contributed by atoms with E-state index in [1.54, 1.807) is 17.8 Å². The van der Waals surface area contributed by atoms with Crippen LogP contribution in [0.15, 0.2) is 12.7 Å². The summed E-state index contributed by atoms with van der Waals surface area (Å²) in [5.41, 5.74) is 6.91. The molecule has 12 heteroatoms. The summed E-state index contributed by atoms with van der Waals surface area (Å²) in [6.07, 6.45) is 22.1. The van der Waals surface area contributed by atoms with Crippen LogP contribution in [0.1, 0.15) is 110 Å². The van der Waals surface area contributed by atoms with Gasteiger partial charge in [0.2, 0.25) is 0 Å². The quantitative estimate of drug-likeness (QED) is 0.0874. The topological polar surface area (TPSA) is 165 Å². The molecular formula is C28H55N6O4PS. The number of nitrogens with two attached hydrogens (primary N) is 1. The summed E-state index contributed by atoms with van der Waals surface area (Å²) >= 11 is 1.88. The predicted octanol–water partition coefficient (Wildman–Crippen LogP) is 7.32. The Kier molecular flexibility index (Phi) is 20.6. The van der Waals surface area contributed by atoms with Crippen LogP contribution >= 0.6 is 19.4 Å². The molecule has 0 aliphatic rings. The first-order valence-corrected chi connectivity index (χ1v) is 17.9. The molecule has 0 amide bonds. The lowest BCUT2D eigenvalue weighted by Crippen LogP contribution is -2.20. The van der Waals surface area contributed by atoms with Crippen molar-refractivity contribution < 1.29 is 18.7 Å². The van der Waals surface area contributed by atoms with Crippen LogP contribution in [0.25, 0.3) is 11.2 Å². The molecule has 1 unspecified atom stereocenters. The maximum atomic E-state index is 12.2. The van der Waals surface area contributed by atoms with E-state index in [0.717, 1.165) is 11.5 Å². The number of ether oxygens (including phenoxy) is 1. The maximum absolute atomic E-state index is 12.2. The van der Waals surface area contributed by atoms with Gasteiger partial charge >= 0.3 is 0 Å². The fourth-order valence-corrected chi connectivity index (χ4v) is 6.34. The molecule has 0 fully saturated rings. The summed E-state index contributed by atoms with van der Waals surface area (Å²) < 4.78 is 24.6. The zero-order valence-electron chi connectivity index (χ0n) is 25.2. The first-order valence-electron chi connectivity index (χ1n) is 15.0. The second-order valence-corrected chi connectivity index (χ2v) is 13.4. The second kappa shape index (κ2) is 22.4. The molecule has 6 N–H and O–H groups in total. The van der Waals surface area contributed by atoms with E-state index >= 15 is 0 Å². The number of anilines is 1. The van der Waals surface area contributed by atoms with Crippen molar-refractivity contribution in [3.05, 3.63) is 12.7 Å². The Morgan fingerprint density at radius 2 is 1.50 bits per heavy atom. The Morgan fingerprint density at radius 1 is 0.925 bits per heavy atom. The standard InChI is InChI=1S/C28H52N5O4PS.H3N/c1-3-4-5-6-7-8-9-10-11-12-13-14-15-16-19-39-20-17-18-37-38(34,35)24-36-25(2)21-33-23-32-26-27(29)30-22-31-28(26)33;/h22-23,25H,3-21,24H2,1-2H3,(H,34,35)(H2,29,30,31);1H3/t25-;/m1./s1. The molecule has 0 aliphatic heterocycles. The molecule has 0 saturated carbocycles. The third-order valence-electron chi connectivity index (χ3n) is 6.76. The van der Waals surface area contributed by atoms with Crippen LogP contribution in [-0.4, -0.2) is 50.1 Å². The number of rotatable bonds is 25. The Morgan fingerprint density at radius 3 is 2.12 bits per heavy atom. The minimum Gasteiger partial charge on any atom is -0.777 e. The molecule has 10 nitrogen and oxygen atoms in total. The lowest BCUT2D eigenvalue weighted by Gasteiger charge is -2.25. The van der Waals surface area contributed by atoms with Crippen LogP contribution in [0.3, 0.4) is 0 Å². The summed E-state index contributed by atoms with van der Waals surface area (Å²) in [6.45, 7) is 4.66. The average molecular weight is 603 g/mol. The Labute approximate surface area is 246 Å². The van der Waals surface area contributed by atoms with Crippen molar-refractivity contribution >= 4 is 36.3 Å². The fourth-order valence-electron chi connectivity index (χ4n) is 4.48. The van der Waals surface area contributed by atoms with Gasteiger partial charge in [-0.1, -0.05) is 90.4 Å². The minimum atomic E-state index is -4.04. The van der Waals surface area contributed by atoms with E-state index in [0.29, 0.717) is 29.9 Å². The first-order chi connectivity index (χ1) is 18.9. The Balaban J connectivity index is 0.00000800. The third kappa shape index (κ3) is 16.3. The predicted molar refractivity (Wildman–Crippen MR) is 167 cm³/mol. The molecule has 2 aromatic heterocycles. The highest BCUT2D eigenvalue weighted by atomic mass is 32.2. The van der Waals surface area contributed by atoms with Gasteiger partial charge in [0.1, 0.15) is 18.2 Å². The van der Waals surface area contributed by atoms with E-state index in [-0.39, 0.29) is 18.9 Å². The number of unbranched alkanes of at least 4 members (excludes halogenated alkanes) is 13. The highest BCUT2D eigenvalue weighted by Crippen LogP contribution is 2.37. The van der Waals surface area contributed by atoms with Crippen LogP contribution in [0.4, 0.5) is 5.82 Å². The molecule has 2 heterocycles. The van der Waals surface area contributed by atoms with E-state index in [1.165, 1.54) is 96.2 Å². The van der Waals surface area contributed by atoms with Crippen LogP contribution < -0.4 is 16.8 Å². The Bertz CT molecular complexity index is 951. The van der Waals surface area contributed by atoms with Crippen molar-refractivity contribution in [2.45, 2.75) is 123 Å². The second-order valence-electron chi connectivity index (χ2n) is 10.4. The maximum Gasteiger partial charge on any atom is 0.165 e. The summed E-state index contributed by atoms with van der Waals surface area (Å²) in [5, 5.41) is 0. The zero-order valence-corrected chi connectivity index (χ0v) is 26.9. The largest absolute Gasteiger partial charge is 0.777 e. The van der Waals surface area contributed by atoms with Gasteiger partial charge in [-0.2, -0.15) is 11.8 Å². The lowest BCUT2D eigenvalue weighted by atomic mass is 10.0. The van der Waals surface area contributed by atoms with Crippen molar-refractivity contribution in [2.75, 3.05) is 30.2 Å². The molecule has 0 aliphatic carbocycles. The number of hydrogen-bond donors (Lipinski definition) is 2. The van der Waals surface area contributed by atoms with Crippen molar-refractivity contribution in [3.63, 3.8) is 0 Å². The average Bonchev–Trinajstić information content (AvgIpc) is 3.32. The summed E-state index contributed by atoms with van der Waals surface area (Å²) in [4.78, 5) is 24.5. The molecule has 0 aromatic carbocycles. The van der Waals surface area contributed by atoms with Gasteiger partial charge in [0, 0.05) is 0 Å². The van der Waals surface area contributed by atoms with Gasteiger partial charge in [-0.05, 0) is 31.3 Å². The van der Waals surface area contributed by atoms with Crippen molar-refractivity contribution in [2.24, 2.45) is 0 Å². The summed E-state index contributed by atoms with van der Waals surface area (Å²) in [7, 11) is -4.04. The molecule has 2 atom stereocenters. The molecule has 2 rings (SSSR count). The van der Waals surface area contributed by atoms with E-state index in [2.05, 4.69) is 21.9 Å². The van der Waals surface area contributed by atoms with Gasteiger partial charge in [-0.15, -0.1) is 0 Å². The van der Waals surface area contributed by atoms with Gasteiger partial charge in [0.25, 0.3) is 0 Å². The molecule has 0 saturated heterocycles. The Hall–Kier alpha value is -1.23. The highest BCUT2D eigenvalue weighted by Gasteiger charge is 2.14. The molecule has 0 radical (unpaired) electrons. The third-order valence-corrected chi connectivity index (χ3v) is 8.96. The van der Waals surface area contributed by atoms with Crippen LogP contribution in [-0.2, 0) is 20.4 Å². The van der Waals surface area contributed by atoms with Gasteiger partial charge in [-0.3, -0.25) is 0 Å².